The molecule has 8 nitrogen and oxygen atoms in total. The lowest BCUT2D eigenvalue weighted by atomic mass is 10.1. The first-order valence-electron chi connectivity index (χ1n) is 9.11. The van der Waals surface area contributed by atoms with E-state index in [1.165, 1.54) is 30.1 Å². The molecule has 9 heteroatoms. The maximum absolute atomic E-state index is 14.2. The van der Waals surface area contributed by atoms with Crippen LogP contribution in [0.2, 0.25) is 0 Å². The van der Waals surface area contributed by atoms with E-state index in [1.54, 1.807) is 13.1 Å². The number of ether oxygens (including phenoxy) is 1. The summed E-state index contributed by atoms with van der Waals surface area (Å²) >= 11 is 0. The average molecular weight is 407 g/mol. The van der Waals surface area contributed by atoms with Gasteiger partial charge in [-0.1, -0.05) is 5.16 Å². The predicted molar refractivity (Wildman–Crippen MR) is 107 cm³/mol. The molecule has 0 aliphatic carbocycles. The molecular weight excluding hydrogens is 389 g/mol. The van der Waals surface area contributed by atoms with E-state index >= 15 is 0 Å². The smallest absolute Gasteiger partial charge is 0.267 e. The third-order valence-electron chi connectivity index (χ3n) is 4.70. The van der Waals surface area contributed by atoms with Crippen LogP contribution in [0, 0.1) is 19.7 Å². The van der Waals surface area contributed by atoms with Gasteiger partial charge in [0, 0.05) is 46.3 Å². The van der Waals surface area contributed by atoms with Crippen molar-refractivity contribution in [3.63, 3.8) is 0 Å². The van der Waals surface area contributed by atoms with Crippen LogP contribution in [0.5, 0.6) is 5.88 Å². The second-order valence-electron chi connectivity index (χ2n) is 6.70. The molecule has 4 aromatic rings. The standard InChI is InChI=1S/C21H18FN5O3/c1-12-4-5-14(8-23-12)21-17(13(2)30-26-21)11-27-20(28)6-15(9-25-27)16-7-19(29-3)24-10-18(16)22/h4-10H,11H2,1-3H3. The molecule has 4 heterocycles. The number of aromatic nitrogens is 5. The Labute approximate surface area is 171 Å². The summed E-state index contributed by atoms with van der Waals surface area (Å²) < 4.78 is 25.8. The molecule has 0 spiro atoms. The number of hydrogen-bond donors (Lipinski definition) is 0. The van der Waals surface area contributed by atoms with E-state index in [-0.39, 0.29) is 18.0 Å². The van der Waals surface area contributed by atoms with E-state index in [0.29, 0.717) is 17.0 Å². The van der Waals surface area contributed by atoms with E-state index in [4.69, 9.17) is 9.26 Å². The maximum Gasteiger partial charge on any atom is 0.267 e. The van der Waals surface area contributed by atoms with Gasteiger partial charge in [-0.3, -0.25) is 9.78 Å². The lowest BCUT2D eigenvalue weighted by Crippen LogP contribution is -2.23. The number of halogens is 1. The fourth-order valence-electron chi connectivity index (χ4n) is 3.01. The molecule has 0 aliphatic rings. The topological polar surface area (TPSA) is 95.9 Å². The van der Waals surface area contributed by atoms with Gasteiger partial charge >= 0.3 is 0 Å². The number of hydrogen-bond acceptors (Lipinski definition) is 7. The largest absolute Gasteiger partial charge is 0.481 e. The van der Waals surface area contributed by atoms with Gasteiger partial charge in [-0.25, -0.2) is 14.1 Å². The van der Waals surface area contributed by atoms with Crippen molar-refractivity contribution < 1.29 is 13.7 Å². The second kappa shape index (κ2) is 7.86. The van der Waals surface area contributed by atoms with Gasteiger partial charge < -0.3 is 9.26 Å². The quantitative estimate of drug-likeness (QED) is 0.501. The maximum atomic E-state index is 14.2. The summed E-state index contributed by atoms with van der Waals surface area (Å²) in [4.78, 5) is 20.8. The Morgan fingerprint density at radius 1 is 1.10 bits per heavy atom. The Hall–Kier alpha value is -3.88. The first-order valence-corrected chi connectivity index (χ1v) is 9.11. The molecule has 0 fully saturated rings. The summed E-state index contributed by atoms with van der Waals surface area (Å²) in [7, 11) is 1.43. The molecule has 0 amide bonds. The summed E-state index contributed by atoms with van der Waals surface area (Å²) in [5.74, 6) is 0.249. The molecule has 152 valence electrons. The van der Waals surface area contributed by atoms with Crippen molar-refractivity contribution in [3.05, 3.63) is 76.0 Å². The Morgan fingerprint density at radius 2 is 1.93 bits per heavy atom. The minimum Gasteiger partial charge on any atom is -0.481 e. The normalized spacial score (nSPS) is 10.9. The van der Waals surface area contributed by atoms with Gasteiger partial charge in [0.1, 0.15) is 17.3 Å². The van der Waals surface area contributed by atoms with Crippen LogP contribution in [-0.2, 0) is 6.54 Å². The summed E-state index contributed by atoms with van der Waals surface area (Å²) in [5.41, 5.74) is 3.11. The van der Waals surface area contributed by atoms with E-state index < -0.39 is 11.4 Å². The van der Waals surface area contributed by atoms with Gasteiger partial charge in [-0.05, 0) is 26.0 Å². The fraction of sp³-hybridized carbons (Fsp3) is 0.190. The minimum atomic E-state index is -0.571. The van der Waals surface area contributed by atoms with Crippen LogP contribution in [0.4, 0.5) is 4.39 Å². The lowest BCUT2D eigenvalue weighted by Gasteiger charge is -2.08. The zero-order valence-corrected chi connectivity index (χ0v) is 16.6. The Morgan fingerprint density at radius 3 is 2.63 bits per heavy atom. The Balaban J connectivity index is 1.69. The van der Waals surface area contributed by atoms with Gasteiger partial charge in [0.25, 0.3) is 5.56 Å². The fourth-order valence-corrected chi connectivity index (χ4v) is 3.01. The van der Waals surface area contributed by atoms with Crippen molar-refractivity contribution in [2.75, 3.05) is 7.11 Å². The van der Waals surface area contributed by atoms with Crippen LogP contribution in [0.15, 0.2) is 52.2 Å². The number of aryl methyl sites for hydroxylation is 2. The van der Waals surface area contributed by atoms with Gasteiger partial charge in [0.2, 0.25) is 5.88 Å². The van der Waals surface area contributed by atoms with Crippen molar-refractivity contribution in [1.82, 2.24) is 24.9 Å². The summed E-state index contributed by atoms with van der Waals surface area (Å²) in [6.07, 6.45) is 4.17. The van der Waals surface area contributed by atoms with Crippen LogP contribution in [-0.4, -0.2) is 32.0 Å². The number of pyridine rings is 2. The summed E-state index contributed by atoms with van der Waals surface area (Å²) in [6, 6.07) is 6.51. The molecular formula is C21H18FN5O3. The predicted octanol–water partition coefficient (Wildman–Crippen LogP) is 3.17. The van der Waals surface area contributed by atoms with E-state index in [0.717, 1.165) is 23.0 Å². The molecule has 0 bridgehead atoms. The van der Waals surface area contributed by atoms with E-state index in [1.807, 2.05) is 19.1 Å². The highest BCUT2D eigenvalue weighted by Gasteiger charge is 2.17. The molecule has 4 aromatic heterocycles. The van der Waals surface area contributed by atoms with Gasteiger partial charge in [-0.2, -0.15) is 5.10 Å². The molecule has 0 saturated heterocycles. The zero-order valence-electron chi connectivity index (χ0n) is 16.6. The van der Waals surface area contributed by atoms with E-state index in [2.05, 4.69) is 20.2 Å². The first kappa shape index (κ1) is 19.4. The van der Waals surface area contributed by atoms with Crippen LogP contribution in [0.1, 0.15) is 17.0 Å². The molecule has 0 atom stereocenters. The Kier molecular flexibility index (Phi) is 5.09. The van der Waals surface area contributed by atoms with Crippen molar-refractivity contribution in [3.8, 4) is 28.3 Å². The van der Waals surface area contributed by atoms with Crippen LogP contribution >= 0.6 is 0 Å². The van der Waals surface area contributed by atoms with Gasteiger partial charge in [0.05, 0.1) is 26.0 Å². The zero-order chi connectivity index (χ0) is 21.3. The average Bonchev–Trinajstić information content (AvgIpc) is 3.11. The lowest BCUT2D eigenvalue weighted by molar-refractivity contribution is 0.396. The van der Waals surface area contributed by atoms with Crippen molar-refractivity contribution in [1.29, 1.82) is 0 Å². The van der Waals surface area contributed by atoms with Gasteiger partial charge in [-0.15, -0.1) is 0 Å². The molecule has 30 heavy (non-hydrogen) atoms. The summed E-state index contributed by atoms with van der Waals surface area (Å²) in [6.45, 7) is 3.82. The second-order valence-corrected chi connectivity index (χ2v) is 6.70. The number of nitrogens with zero attached hydrogens (tertiary/aromatic N) is 5. The SMILES string of the molecule is COc1cc(-c2cnn(Cc3c(-c4ccc(C)nc4)noc3C)c(=O)c2)c(F)cn1. The van der Waals surface area contributed by atoms with E-state index in [9.17, 15) is 9.18 Å². The minimum absolute atomic E-state index is 0.153. The monoisotopic (exact) mass is 407 g/mol. The molecule has 0 aromatic carbocycles. The van der Waals surface area contributed by atoms with Crippen molar-refractivity contribution in [2.24, 2.45) is 0 Å². The molecule has 0 unspecified atom stereocenters. The molecule has 0 aliphatic heterocycles. The number of rotatable bonds is 5. The molecule has 0 saturated carbocycles. The molecule has 0 N–H and O–H groups in total. The van der Waals surface area contributed by atoms with Crippen LogP contribution in [0.3, 0.4) is 0 Å². The van der Waals surface area contributed by atoms with Gasteiger partial charge in [0.15, 0.2) is 0 Å². The molecule has 4 rings (SSSR count). The van der Waals surface area contributed by atoms with Crippen molar-refractivity contribution in [2.45, 2.75) is 20.4 Å². The van der Waals surface area contributed by atoms with Crippen molar-refractivity contribution >= 4 is 0 Å². The molecule has 0 radical (unpaired) electrons. The highest BCUT2D eigenvalue weighted by Crippen LogP contribution is 2.26. The first-order chi connectivity index (χ1) is 14.5. The third kappa shape index (κ3) is 3.69. The highest BCUT2D eigenvalue weighted by molar-refractivity contribution is 5.64. The van der Waals surface area contributed by atoms with Crippen LogP contribution < -0.4 is 10.3 Å². The number of methoxy groups -OCH3 is 1. The highest BCUT2D eigenvalue weighted by atomic mass is 19.1. The van der Waals surface area contributed by atoms with Crippen LogP contribution in [0.25, 0.3) is 22.4 Å². The third-order valence-corrected chi connectivity index (χ3v) is 4.70. The summed E-state index contributed by atoms with van der Waals surface area (Å²) in [5, 5.41) is 8.32. The Bertz CT molecular complexity index is 1260.